The van der Waals surface area contributed by atoms with Gasteiger partial charge in [-0.05, 0) is 24.5 Å². The third kappa shape index (κ3) is 2.65. The monoisotopic (exact) mass is 176 g/mol. The minimum absolute atomic E-state index is 0.505. The van der Waals surface area contributed by atoms with Gasteiger partial charge in [0.2, 0.25) is 0 Å². The molecule has 0 aliphatic rings. The van der Waals surface area contributed by atoms with E-state index in [0.29, 0.717) is 5.92 Å². The third-order valence-corrected chi connectivity index (χ3v) is 2.17. The van der Waals surface area contributed by atoms with Gasteiger partial charge in [0.25, 0.3) is 0 Å². The predicted octanol–water partition coefficient (Wildman–Crippen LogP) is 2.98. The second-order valence-corrected chi connectivity index (χ2v) is 3.32. The molecule has 1 heterocycles. The number of aromatic nitrogens is 1. The molecule has 1 unspecified atom stereocenters. The normalized spacial score (nSPS) is 12.5. The maximum absolute atomic E-state index is 7.10. The van der Waals surface area contributed by atoms with E-state index in [2.05, 4.69) is 18.8 Å². The smallest absolute Gasteiger partial charge is 0.0808 e. The third-order valence-electron chi connectivity index (χ3n) is 2.17. The lowest BCUT2D eigenvalue weighted by Gasteiger charge is -2.09. The van der Waals surface area contributed by atoms with Gasteiger partial charge in [-0.2, -0.15) is 0 Å². The highest BCUT2D eigenvalue weighted by Gasteiger charge is 2.05. The van der Waals surface area contributed by atoms with Gasteiger partial charge in [0, 0.05) is 11.9 Å². The van der Waals surface area contributed by atoms with Crippen molar-refractivity contribution in [3.8, 4) is 0 Å². The Morgan fingerprint density at radius 3 is 2.92 bits per heavy atom. The van der Waals surface area contributed by atoms with E-state index in [0.717, 1.165) is 17.8 Å². The predicted molar refractivity (Wildman–Crippen MR) is 55.4 cm³/mol. The first-order valence-electron chi connectivity index (χ1n) is 4.75. The van der Waals surface area contributed by atoms with Crippen molar-refractivity contribution in [1.82, 2.24) is 4.98 Å². The molecule has 13 heavy (non-hydrogen) atoms. The largest absolute Gasteiger partial charge is 0.307 e. The molecular weight excluding hydrogens is 160 g/mol. The lowest BCUT2D eigenvalue weighted by atomic mass is 10.0. The Balaban J connectivity index is 2.81. The minimum atomic E-state index is 0.505. The van der Waals surface area contributed by atoms with Crippen LogP contribution < -0.4 is 0 Å². The molecule has 0 aliphatic heterocycles. The summed E-state index contributed by atoms with van der Waals surface area (Å²) in [4.78, 5) is 4.37. The summed E-state index contributed by atoms with van der Waals surface area (Å²) in [5.74, 6) is 0.505. The molecule has 0 saturated heterocycles. The molecule has 0 bridgehead atoms. The van der Waals surface area contributed by atoms with Crippen molar-refractivity contribution in [3.63, 3.8) is 0 Å². The summed E-state index contributed by atoms with van der Waals surface area (Å²) in [7, 11) is 0. The van der Waals surface area contributed by atoms with E-state index in [1.54, 1.807) is 0 Å². The highest BCUT2D eigenvalue weighted by atomic mass is 14.7. The van der Waals surface area contributed by atoms with Crippen LogP contribution in [0.4, 0.5) is 0 Å². The zero-order valence-corrected chi connectivity index (χ0v) is 8.25. The Labute approximate surface area is 79.5 Å². The first-order chi connectivity index (χ1) is 6.27. The van der Waals surface area contributed by atoms with Crippen LogP contribution in [0.25, 0.3) is 0 Å². The molecule has 2 nitrogen and oxygen atoms in total. The van der Waals surface area contributed by atoms with Crippen LogP contribution in [0, 0.1) is 5.41 Å². The summed E-state index contributed by atoms with van der Waals surface area (Å²) in [5.41, 5.74) is 1.85. The Hall–Kier alpha value is -1.18. The molecule has 0 fully saturated rings. The molecule has 0 aromatic carbocycles. The van der Waals surface area contributed by atoms with Crippen molar-refractivity contribution >= 4 is 6.21 Å². The molecule has 1 rings (SSSR count). The molecule has 0 radical (unpaired) electrons. The summed E-state index contributed by atoms with van der Waals surface area (Å²) in [6.45, 7) is 4.36. The van der Waals surface area contributed by atoms with E-state index in [9.17, 15) is 0 Å². The number of rotatable bonds is 4. The zero-order chi connectivity index (χ0) is 9.68. The van der Waals surface area contributed by atoms with Crippen LogP contribution in [0.5, 0.6) is 0 Å². The average Bonchev–Trinajstić information content (AvgIpc) is 2.18. The van der Waals surface area contributed by atoms with E-state index in [-0.39, 0.29) is 0 Å². The highest BCUT2D eigenvalue weighted by molar-refractivity contribution is 5.73. The van der Waals surface area contributed by atoms with Crippen LogP contribution >= 0.6 is 0 Å². The Bertz CT molecular complexity index is 281. The fraction of sp³-hybridized carbons (Fsp3) is 0.455. The van der Waals surface area contributed by atoms with Crippen LogP contribution in [0.15, 0.2) is 18.2 Å². The van der Waals surface area contributed by atoms with E-state index >= 15 is 0 Å². The van der Waals surface area contributed by atoms with Gasteiger partial charge < -0.3 is 5.41 Å². The molecule has 1 atom stereocenters. The topological polar surface area (TPSA) is 36.7 Å². The summed E-state index contributed by atoms with van der Waals surface area (Å²) >= 11 is 0. The van der Waals surface area contributed by atoms with E-state index in [1.165, 1.54) is 12.6 Å². The average molecular weight is 176 g/mol. The van der Waals surface area contributed by atoms with Gasteiger partial charge in [0.1, 0.15) is 0 Å². The second kappa shape index (κ2) is 4.75. The van der Waals surface area contributed by atoms with Gasteiger partial charge in [-0.25, -0.2) is 0 Å². The standard InChI is InChI=1S/C11H16N2/c1-3-5-9(2)11-7-4-6-10(8-12)13-11/h4,6-9,12H,3,5H2,1-2H3. The fourth-order valence-electron chi connectivity index (χ4n) is 1.40. The molecule has 1 N–H and O–H groups in total. The van der Waals surface area contributed by atoms with Crippen molar-refractivity contribution < 1.29 is 0 Å². The molecule has 2 heteroatoms. The molecule has 0 amide bonds. The first kappa shape index (κ1) is 9.90. The van der Waals surface area contributed by atoms with Crippen molar-refractivity contribution in [3.05, 3.63) is 29.6 Å². The summed E-state index contributed by atoms with van der Waals surface area (Å²) in [5, 5.41) is 7.10. The molecular formula is C11H16N2. The van der Waals surface area contributed by atoms with Crippen LogP contribution in [0.1, 0.15) is 44.0 Å². The molecule has 0 aliphatic carbocycles. The van der Waals surface area contributed by atoms with Gasteiger partial charge in [-0.15, -0.1) is 0 Å². The van der Waals surface area contributed by atoms with Crippen molar-refractivity contribution in [1.29, 1.82) is 5.41 Å². The van der Waals surface area contributed by atoms with E-state index in [4.69, 9.17) is 5.41 Å². The minimum Gasteiger partial charge on any atom is -0.307 e. The number of hydrogen-bond acceptors (Lipinski definition) is 2. The van der Waals surface area contributed by atoms with Crippen LogP contribution in [-0.4, -0.2) is 11.2 Å². The molecule has 0 saturated carbocycles. The van der Waals surface area contributed by atoms with Crippen molar-refractivity contribution in [2.24, 2.45) is 0 Å². The van der Waals surface area contributed by atoms with Gasteiger partial charge in [-0.1, -0.05) is 26.3 Å². The molecule has 0 spiro atoms. The molecule has 1 aromatic heterocycles. The Kier molecular flexibility index (Phi) is 3.62. The number of nitrogens with one attached hydrogen (secondary N) is 1. The van der Waals surface area contributed by atoms with Crippen molar-refractivity contribution in [2.75, 3.05) is 0 Å². The highest BCUT2D eigenvalue weighted by Crippen LogP contribution is 2.17. The quantitative estimate of drug-likeness (QED) is 0.703. The maximum atomic E-state index is 7.10. The number of nitrogens with zero attached hydrogens (tertiary/aromatic N) is 1. The molecule has 1 aromatic rings. The summed E-state index contributed by atoms with van der Waals surface area (Å²) in [6, 6.07) is 5.86. The maximum Gasteiger partial charge on any atom is 0.0808 e. The van der Waals surface area contributed by atoms with Gasteiger partial charge in [0.15, 0.2) is 0 Å². The zero-order valence-electron chi connectivity index (χ0n) is 8.25. The second-order valence-electron chi connectivity index (χ2n) is 3.32. The van der Waals surface area contributed by atoms with Crippen LogP contribution in [0.2, 0.25) is 0 Å². The fourth-order valence-corrected chi connectivity index (χ4v) is 1.40. The van der Waals surface area contributed by atoms with Crippen molar-refractivity contribution in [2.45, 2.75) is 32.6 Å². The molecule has 70 valence electrons. The Morgan fingerprint density at radius 2 is 2.31 bits per heavy atom. The SMILES string of the molecule is CCCC(C)c1cccc(C=N)n1. The van der Waals surface area contributed by atoms with Gasteiger partial charge in [-0.3, -0.25) is 4.98 Å². The van der Waals surface area contributed by atoms with Gasteiger partial charge in [0.05, 0.1) is 5.69 Å². The lowest BCUT2D eigenvalue weighted by Crippen LogP contribution is -1.98. The van der Waals surface area contributed by atoms with Crippen LogP contribution in [0.3, 0.4) is 0 Å². The number of pyridine rings is 1. The van der Waals surface area contributed by atoms with Crippen LogP contribution in [-0.2, 0) is 0 Å². The summed E-state index contributed by atoms with van der Waals surface area (Å²) < 4.78 is 0. The summed E-state index contributed by atoms with van der Waals surface area (Å²) in [6.07, 6.45) is 3.63. The number of hydrogen-bond donors (Lipinski definition) is 1. The van der Waals surface area contributed by atoms with E-state index < -0.39 is 0 Å². The lowest BCUT2D eigenvalue weighted by molar-refractivity contribution is 0.647. The Morgan fingerprint density at radius 1 is 1.54 bits per heavy atom. The van der Waals surface area contributed by atoms with E-state index in [1.807, 2.05) is 18.2 Å². The first-order valence-corrected chi connectivity index (χ1v) is 4.75. The van der Waals surface area contributed by atoms with Gasteiger partial charge >= 0.3 is 0 Å².